The van der Waals surface area contributed by atoms with Gasteiger partial charge >= 0.3 is 0 Å². The average Bonchev–Trinajstić information content (AvgIpc) is 3.28. The molecule has 0 spiro atoms. The van der Waals surface area contributed by atoms with E-state index in [-0.39, 0.29) is 34.2 Å². The average molecular weight is 460 g/mol. The molecular formula is C23H14F2N6OS. The van der Waals surface area contributed by atoms with Gasteiger partial charge in [-0.3, -0.25) is 4.98 Å². The van der Waals surface area contributed by atoms with E-state index < -0.39 is 11.6 Å². The van der Waals surface area contributed by atoms with Crippen LogP contribution in [-0.2, 0) is 5.75 Å². The van der Waals surface area contributed by atoms with Gasteiger partial charge in [-0.2, -0.15) is 10.5 Å². The number of nitrogen functional groups attached to an aromatic ring is 1. The topological polar surface area (TPSA) is 125 Å². The summed E-state index contributed by atoms with van der Waals surface area (Å²) in [7, 11) is 0. The van der Waals surface area contributed by atoms with Crippen molar-refractivity contribution in [2.75, 3.05) is 5.73 Å². The molecule has 0 aliphatic rings. The van der Waals surface area contributed by atoms with Crippen LogP contribution in [0, 0.1) is 41.2 Å². The third kappa shape index (κ3) is 4.38. The van der Waals surface area contributed by atoms with Gasteiger partial charge < -0.3 is 10.2 Å². The Hall–Kier alpha value is -4.28. The van der Waals surface area contributed by atoms with Crippen LogP contribution in [0.5, 0.6) is 0 Å². The number of hydrogen-bond donors (Lipinski definition) is 1. The molecule has 1 aromatic carbocycles. The number of aromatic nitrogens is 3. The molecule has 0 bridgehead atoms. The van der Waals surface area contributed by atoms with Gasteiger partial charge in [0.1, 0.15) is 34.8 Å². The van der Waals surface area contributed by atoms with E-state index in [1.165, 1.54) is 24.1 Å². The number of benzene rings is 1. The minimum absolute atomic E-state index is 0.00259. The fourth-order valence-corrected chi connectivity index (χ4v) is 3.96. The van der Waals surface area contributed by atoms with Gasteiger partial charge in [-0.25, -0.2) is 18.7 Å². The van der Waals surface area contributed by atoms with Gasteiger partial charge in [-0.1, -0.05) is 17.8 Å². The number of nitrogens with two attached hydrogens (primary N) is 1. The second kappa shape index (κ2) is 9.07. The Bertz CT molecular complexity index is 1440. The summed E-state index contributed by atoms with van der Waals surface area (Å²) in [6.07, 6.45) is 2.96. The summed E-state index contributed by atoms with van der Waals surface area (Å²) in [6.45, 7) is 1.83. The summed E-state index contributed by atoms with van der Waals surface area (Å²) in [5.41, 5.74) is 8.83. The van der Waals surface area contributed by atoms with Crippen LogP contribution in [0.25, 0.3) is 22.6 Å². The molecule has 0 unspecified atom stereocenters. The number of hydrogen-bond acceptors (Lipinski definition) is 8. The highest BCUT2D eigenvalue weighted by molar-refractivity contribution is 7.98. The highest BCUT2D eigenvalue weighted by Gasteiger charge is 2.21. The van der Waals surface area contributed by atoms with E-state index in [2.05, 4.69) is 21.0 Å². The summed E-state index contributed by atoms with van der Waals surface area (Å²) < 4.78 is 32.0. The van der Waals surface area contributed by atoms with Crippen molar-refractivity contribution in [2.45, 2.75) is 17.7 Å². The van der Waals surface area contributed by atoms with Crippen molar-refractivity contribution in [3.63, 3.8) is 0 Å². The van der Waals surface area contributed by atoms with Crippen molar-refractivity contribution in [3.05, 3.63) is 76.9 Å². The number of anilines is 1. The van der Waals surface area contributed by atoms with Crippen LogP contribution in [0.15, 0.2) is 52.2 Å². The van der Waals surface area contributed by atoms with E-state index in [0.29, 0.717) is 21.8 Å². The third-order valence-electron chi connectivity index (χ3n) is 4.69. The summed E-state index contributed by atoms with van der Waals surface area (Å²) in [6, 6.07) is 11.0. The van der Waals surface area contributed by atoms with Gasteiger partial charge in [0.25, 0.3) is 0 Å². The van der Waals surface area contributed by atoms with E-state index in [1.807, 2.05) is 13.0 Å². The van der Waals surface area contributed by atoms with Crippen molar-refractivity contribution >= 4 is 17.6 Å². The second-order valence-electron chi connectivity index (χ2n) is 6.90. The lowest BCUT2D eigenvalue weighted by molar-refractivity contribution is 0.507. The molecule has 2 N–H and O–H groups in total. The molecule has 0 radical (unpaired) electrons. The van der Waals surface area contributed by atoms with E-state index in [1.54, 1.807) is 18.3 Å². The molecule has 7 nitrogen and oxygen atoms in total. The van der Waals surface area contributed by atoms with Gasteiger partial charge in [-0.15, -0.1) is 0 Å². The molecule has 3 aromatic heterocycles. The molecule has 33 heavy (non-hydrogen) atoms. The molecule has 3 heterocycles. The molecule has 4 aromatic rings. The van der Waals surface area contributed by atoms with Crippen molar-refractivity contribution < 1.29 is 13.2 Å². The van der Waals surface area contributed by atoms with Crippen LogP contribution < -0.4 is 5.73 Å². The smallest absolute Gasteiger partial charge is 0.226 e. The zero-order valence-corrected chi connectivity index (χ0v) is 18.0. The second-order valence-corrected chi connectivity index (χ2v) is 7.86. The lowest BCUT2D eigenvalue weighted by Gasteiger charge is -2.12. The normalized spacial score (nSPS) is 10.6. The predicted molar refractivity (Wildman–Crippen MR) is 117 cm³/mol. The largest absolute Gasteiger partial charge is 0.444 e. The molecule has 0 atom stereocenters. The lowest BCUT2D eigenvalue weighted by atomic mass is 9.98. The third-order valence-corrected chi connectivity index (χ3v) is 5.70. The number of oxazole rings is 1. The fourth-order valence-electron chi connectivity index (χ4n) is 3.08. The van der Waals surface area contributed by atoms with Gasteiger partial charge in [0.05, 0.1) is 11.3 Å². The zero-order chi connectivity index (χ0) is 23.5. The number of thioether (sulfide) groups is 1. The van der Waals surface area contributed by atoms with Gasteiger partial charge in [-0.05, 0) is 31.2 Å². The molecule has 0 aliphatic carbocycles. The van der Waals surface area contributed by atoms with Crippen LogP contribution >= 0.6 is 11.8 Å². The molecule has 0 fully saturated rings. The van der Waals surface area contributed by atoms with Crippen LogP contribution in [0.2, 0.25) is 0 Å². The minimum atomic E-state index is -1.00. The number of pyridine rings is 2. The SMILES string of the molecule is Cc1ccc(-c2c(C#N)c(N)nc(SCc3coc(-c4ccc(F)c(F)c4)n3)c2C#N)cn1. The zero-order valence-electron chi connectivity index (χ0n) is 17.1. The molecule has 0 aliphatic heterocycles. The fraction of sp³-hybridized carbons (Fsp3) is 0.0870. The summed E-state index contributed by atoms with van der Waals surface area (Å²) in [5.74, 6) is -1.59. The summed E-state index contributed by atoms with van der Waals surface area (Å²) >= 11 is 1.18. The molecule has 4 rings (SSSR count). The van der Waals surface area contributed by atoms with Gasteiger partial charge in [0.2, 0.25) is 5.89 Å². The van der Waals surface area contributed by atoms with E-state index in [0.717, 1.165) is 17.8 Å². The standard InChI is InChI=1S/C23H14F2N6OS/c1-12-2-3-14(9-29-12)20-16(7-26)21(28)31-23(17(20)8-27)33-11-15-10-32-22(30-15)13-4-5-18(24)19(25)6-13/h2-6,9-10H,11H2,1H3,(H2,28,31). The quantitative estimate of drug-likeness (QED) is 0.412. The van der Waals surface area contributed by atoms with Crippen LogP contribution in [0.1, 0.15) is 22.5 Å². The van der Waals surface area contributed by atoms with Crippen LogP contribution in [-0.4, -0.2) is 15.0 Å². The van der Waals surface area contributed by atoms with E-state index in [4.69, 9.17) is 10.2 Å². The number of nitrogens with zero attached hydrogens (tertiary/aromatic N) is 5. The number of halogens is 2. The first-order chi connectivity index (χ1) is 15.9. The van der Waals surface area contributed by atoms with Crippen LogP contribution in [0.3, 0.4) is 0 Å². The monoisotopic (exact) mass is 460 g/mol. The van der Waals surface area contributed by atoms with Crippen LogP contribution in [0.4, 0.5) is 14.6 Å². The molecule has 0 saturated carbocycles. The van der Waals surface area contributed by atoms with Crippen molar-refractivity contribution in [1.29, 1.82) is 10.5 Å². The lowest BCUT2D eigenvalue weighted by Crippen LogP contribution is -2.03. The highest BCUT2D eigenvalue weighted by Crippen LogP contribution is 2.36. The Morgan fingerprint density at radius 2 is 1.79 bits per heavy atom. The van der Waals surface area contributed by atoms with E-state index in [9.17, 15) is 19.3 Å². The van der Waals surface area contributed by atoms with Crippen molar-refractivity contribution in [3.8, 4) is 34.7 Å². The number of nitriles is 2. The first-order valence-corrected chi connectivity index (χ1v) is 10.5. The first kappa shape index (κ1) is 21.9. The molecule has 0 saturated heterocycles. The van der Waals surface area contributed by atoms with Gasteiger partial charge in [0.15, 0.2) is 11.6 Å². The molecule has 10 heteroatoms. The van der Waals surface area contributed by atoms with Crippen molar-refractivity contribution in [2.24, 2.45) is 0 Å². The summed E-state index contributed by atoms with van der Waals surface area (Å²) in [5, 5.41) is 19.8. The highest BCUT2D eigenvalue weighted by atomic mass is 32.2. The Kier molecular flexibility index (Phi) is 6.03. The number of aryl methyl sites for hydroxylation is 1. The Morgan fingerprint density at radius 3 is 2.45 bits per heavy atom. The minimum Gasteiger partial charge on any atom is -0.444 e. The summed E-state index contributed by atoms with van der Waals surface area (Å²) in [4.78, 5) is 12.8. The van der Waals surface area contributed by atoms with E-state index >= 15 is 0 Å². The Morgan fingerprint density at radius 1 is 1.03 bits per heavy atom. The van der Waals surface area contributed by atoms with Gasteiger partial charge in [0, 0.05) is 34.3 Å². The maximum Gasteiger partial charge on any atom is 0.226 e. The maximum absolute atomic E-state index is 13.5. The molecule has 0 amide bonds. The maximum atomic E-state index is 13.5. The Balaban J connectivity index is 1.66. The predicted octanol–water partition coefficient (Wildman–Crippen LogP) is 5.00. The van der Waals surface area contributed by atoms with Crippen molar-refractivity contribution in [1.82, 2.24) is 15.0 Å². The first-order valence-electron chi connectivity index (χ1n) is 9.50. The Labute approximate surface area is 191 Å². The number of rotatable bonds is 5. The molecular weight excluding hydrogens is 446 g/mol. The molecule has 162 valence electrons.